The van der Waals surface area contributed by atoms with Crippen molar-refractivity contribution in [2.45, 2.75) is 13.0 Å². The Morgan fingerprint density at radius 2 is 2.00 bits per heavy atom. The van der Waals surface area contributed by atoms with E-state index in [0.29, 0.717) is 11.5 Å². The molecule has 0 saturated heterocycles. The Kier molecular flexibility index (Phi) is 2.49. The number of pyridine rings is 1. The molecule has 9 heteroatoms. The van der Waals surface area contributed by atoms with Crippen LogP contribution in [-0.4, -0.2) is 39.9 Å². The van der Waals surface area contributed by atoms with Crippen molar-refractivity contribution in [3.8, 4) is 0 Å². The topological polar surface area (TPSA) is 98.2 Å². The third kappa shape index (κ3) is 1.95. The standard InChI is InChI=1S/C12H11N9/c1-8(12-16-14-10-4-2-3-7-20(10)12)13-9-5-6-11-15-18-19-21(11)17-9/h2-8H,1H3,(H,13,17). The highest BCUT2D eigenvalue weighted by Gasteiger charge is 2.14. The van der Waals surface area contributed by atoms with Gasteiger partial charge in [-0.3, -0.25) is 4.40 Å². The van der Waals surface area contributed by atoms with E-state index in [1.165, 1.54) is 4.63 Å². The van der Waals surface area contributed by atoms with Gasteiger partial charge in [-0.2, -0.15) is 0 Å². The van der Waals surface area contributed by atoms with E-state index in [4.69, 9.17) is 0 Å². The Hall–Kier alpha value is -3.10. The zero-order chi connectivity index (χ0) is 14.2. The highest BCUT2D eigenvalue weighted by Crippen LogP contribution is 2.16. The lowest BCUT2D eigenvalue weighted by Gasteiger charge is -2.12. The zero-order valence-electron chi connectivity index (χ0n) is 11.1. The second-order valence-electron chi connectivity index (χ2n) is 4.60. The first-order valence-corrected chi connectivity index (χ1v) is 6.43. The molecular formula is C12H11N9. The molecule has 4 rings (SSSR count). The van der Waals surface area contributed by atoms with Gasteiger partial charge in [-0.1, -0.05) is 6.07 Å². The van der Waals surface area contributed by atoms with Gasteiger partial charge in [0.25, 0.3) is 0 Å². The fourth-order valence-corrected chi connectivity index (χ4v) is 2.17. The Morgan fingerprint density at radius 3 is 2.95 bits per heavy atom. The Bertz CT molecular complexity index is 909. The van der Waals surface area contributed by atoms with Gasteiger partial charge in [-0.05, 0) is 41.6 Å². The van der Waals surface area contributed by atoms with Crippen molar-refractivity contribution in [1.29, 1.82) is 0 Å². The summed E-state index contributed by atoms with van der Waals surface area (Å²) in [6.07, 6.45) is 1.93. The van der Waals surface area contributed by atoms with Crippen LogP contribution >= 0.6 is 0 Å². The lowest BCUT2D eigenvalue weighted by molar-refractivity contribution is 0.717. The molecule has 0 spiro atoms. The van der Waals surface area contributed by atoms with Gasteiger partial charge in [0.1, 0.15) is 5.82 Å². The maximum atomic E-state index is 4.28. The number of rotatable bonds is 3. The van der Waals surface area contributed by atoms with E-state index >= 15 is 0 Å². The van der Waals surface area contributed by atoms with E-state index in [1.54, 1.807) is 6.07 Å². The molecule has 0 aliphatic carbocycles. The molecule has 0 aliphatic rings. The van der Waals surface area contributed by atoms with E-state index in [0.717, 1.165) is 11.5 Å². The average molecular weight is 281 g/mol. The maximum Gasteiger partial charge on any atom is 0.200 e. The minimum absolute atomic E-state index is 0.0659. The van der Waals surface area contributed by atoms with Crippen molar-refractivity contribution in [2.24, 2.45) is 0 Å². The van der Waals surface area contributed by atoms with Crippen LogP contribution in [0, 0.1) is 0 Å². The number of hydrogen-bond acceptors (Lipinski definition) is 7. The highest BCUT2D eigenvalue weighted by molar-refractivity contribution is 5.44. The van der Waals surface area contributed by atoms with Crippen LogP contribution in [0.25, 0.3) is 11.3 Å². The minimum Gasteiger partial charge on any atom is -0.359 e. The molecule has 0 aliphatic heterocycles. The number of nitrogens with one attached hydrogen (secondary N) is 1. The number of tetrazole rings is 1. The molecule has 0 saturated carbocycles. The summed E-state index contributed by atoms with van der Waals surface area (Å²) in [5.74, 6) is 1.47. The highest BCUT2D eigenvalue weighted by atomic mass is 15.6. The fraction of sp³-hybridized carbons (Fsp3) is 0.167. The largest absolute Gasteiger partial charge is 0.359 e. The molecule has 1 N–H and O–H groups in total. The van der Waals surface area contributed by atoms with Gasteiger partial charge in [-0.15, -0.1) is 25.0 Å². The summed E-state index contributed by atoms with van der Waals surface area (Å²) in [7, 11) is 0. The first-order valence-electron chi connectivity index (χ1n) is 6.43. The van der Waals surface area contributed by atoms with Crippen LogP contribution in [0.5, 0.6) is 0 Å². The number of nitrogens with zero attached hydrogens (tertiary/aromatic N) is 8. The molecule has 4 aromatic heterocycles. The Balaban J connectivity index is 1.66. The second-order valence-corrected chi connectivity index (χ2v) is 4.60. The van der Waals surface area contributed by atoms with E-state index in [2.05, 4.69) is 36.1 Å². The van der Waals surface area contributed by atoms with Crippen molar-refractivity contribution < 1.29 is 0 Å². The number of hydrogen-bond donors (Lipinski definition) is 1. The minimum atomic E-state index is -0.0659. The smallest absolute Gasteiger partial charge is 0.200 e. The van der Waals surface area contributed by atoms with Crippen LogP contribution in [0.4, 0.5) is 5.82 Å². The van der Waals surface area contributed by atoms with Crippen LogP contribution in [0.3, 0.4) is 0 Å². The van der Waals surface area contributed by atoms with Crippen molar-refractivity contribution in [3.05, 3.63) is 42.4 Å². The number of aromatic nitrogens is 8. The quantitative estimate of drug-likeness (QED) is 0.591. The van der Waals surface area contributed by atoms with Crippen LogP contribution in [0.15, 0.2) is 36.5 Å². The molecule has 1 atom stereocenters. The molecule has 0 aromatic carbocycles. The van der Waals surface area contributed by atoms with Crippen molar-refractivity contribution in [3.63, 3.8) is 0 Å². The SMILES string of the molecule is CC(Nc1ccc2nnnn2n1)c1nnc2ccccn12. The van der Waals surface area contributed by atoms with Gasteiger partial charge >= 0.3 is 0 Å². The van der Waals surface area contributed by atoms with E-state index < -0.39 is 0 Å². The summed E-state index contributed by atoms with van der Waals surface area (Å²) >= 11 is 0. The van der Waals surface area contributed by atoms with Gasteiger partial charge in [0.2, 0.25) is 0 Å². The molecule has 4 aromatic rings. The van der Waals surface area contributed by atoms with Crippen LogP contribution in [0.1, 0.15) is 18.8 Å². The van der Waals surface area contributed by atoms with Crippen molar-refractivity contribution in [1.82, 2.24) is 39.9 Å². The summed E-state index contributed by atoms with van der Waals surface area (Å²) in [5.41, 5.74) is 1.41. The van der Waals surface area contributed by atoms with E-state index in [-0.39, 0.29) is 6.04 Å². The maximum absolute atomic E-state index is 4.28. The van der Waals surface area contributed by atoms with Crippen LogP contribution < -0.4 is 5.32 Å². The van der Waals surface area contributed by atoms with Gasteiger partial charge < -0.3 is 5.32 Å². The van der Waals surface area contributed by atoms with Crippen molar-refractivity contribution in [2.75, 3.05) is 5.32 Å². The normalized spacial score (nSPS) is 12.8. The molecule has 9 nitrogen and oxygen atoms in total. The lowest BCUT2D eigenvalue weighted by Crippen LogP contribution is -2.12. The predicted molar refractivity (Wildman–Crippen MR) is 73.6 cm³/mol. The third-order valence-corrected chi connectivity index (χ3v) is 3.16. The number of fused-ring (bicyclic) bond motifs is 2. The van der Waals surface area contributed by atoms with E-state index in [9.17, 15) is 0 Å². The number of anilines is 1. The van der Waals surface area contributed by atoms with Gasteiger partial charge in [-0.25, -0.2) is 0 Å². The monoisotopic (exact) mass is 281 g/mol. The first kappa shape index (κ1) is 11.7. The molecule has 1 unspecified atom stereocenters. The van der Waals surface area contributed by atoms with Gasteiger partial charge in [0.15, 0.2) is 17.1 Å². The molecule has 4 heterocycles. The average Bonchev–Trinajstić information content (AvgIpc) is 3.13. The Labute approximate surface area is 118 Å². The second kappa shape index (κ2) is 4.47. The summed E-state index contributed by atoms with van der Waals surface area (Å²) < 4.78 is 3.31. The molecule has 0 radical (unpaired) electrons. The van der Waals surface area contributed by atoms with Crippen LogP contribution in [-0.2, 0) is 0 Å². The van der Waals surface area contributed by atoms with Crippen LogP contribution in [0.2, 0.25) is 0 Å². The molecule has 104 valence electrons. The predicted octanol–water partition coefficient (Wildman–Crippen LogP) is 0.735. The summed E-state index contributed by atoms with van der Waals surface area (Å²) in [6.45, 7) is 1.99. The molecule has 0 fully saturated rings. The molecular weight excluding hydrogens is 270 g/mol. The Morgan fingerprint density at radius 1 is 1.05 bits per heavy atom. The molecule has 0 amide bonds. The lowest BCUT2D eigenvalue weighted by atomic mass is 10.3. The van der Waals surface area contributed by atoms with Gasteiger partial charge in [0, 0.05) is 6.20 Å². The summed E-state index contributed by atoms with van der Waals surface area (Å²) in [4.78, 5) is 0. The molecule has 21 heavy (non-hydrogen) atoms. The summed E-state index contributed by atoms with van der Waals surface area (Å²) in [6, 6.07) is 9.34. The van der Waals surface area contributed by atoms with Crippen molar-refractivity contribution >= 4 is 17.1 Å². The summed E-state index contributed by atoms with van der Waals surface area (Å²) in [5, 5.41) is 27.0. The third-order valence-electron chi connectivity index (χ3n) is 3.16. The van der Waals surface area contributed by atoms with E-state index in [1.807, 2.05) is 41.8 Å². The fourth-order valence-electron chi connectivity index (χ4n) is 2.17. The first-order chi connectivity index (χ1) is 10.3. The molecule has 0 bridgehead atoms. The zero-order valence-corrected chi connectivity index (χ0v) is 11.1. The van der Waals surface area contributed by atoms with Gasteiger partial charge in [0.05, 0.1) is 6.04 Å².